The van der Waals surface area contributed by atoms with Gasteiger partial charge in [0.15, 0.2) is 0 Å². The molecule has 5 rings (SSSR count). The van der Waals surface area contributed by atoms with E-state index in [0.717, 1.165) is 17.7 Å². The van der Waals surface area contributed by atoms with Gasteiger partial charge in [-0.15, -0.1) is 5.10 Å². The number of carbonyl (C=O) groups excluding carboxylic acids is 2. The Labute approximate surface area is 211 Å². The van der Waals surface area contributed by atoms with Crippen LogP contribution in [-0.4, -0.2) is 46.1 Å². The largest absolute Gasteiger partial charge is 0.376 e. The Kier molecular flexibility index (Phi) is 7.18. The molecule has 2 heterocycles. The van der Waals surface area contributed by atoms with Crippen molar-refractivity contribution >= 4 is 28.5 Å². The molecule has 2 atom stereocenters. The number of nitrogens with zero attached hydrogens (tertiary/aromatic N) is 4. The number of hydrogen-bond acceptors (Lipinski definition) is 5. The first kappa shape index (κ1) is 24.5. The average Bonchev–Trinajstić information content (AvgIpc) is 3.57. The minimum Gasteiger partial charge on any atom is -0.376 e. The molecule has 37 heavy (non-hydrogen) atoms. The van der Waals surface area contributed by atoms with Crippen molar-refractivity contribution in [3.63, 3.8) is 0 Å². The van der Waals surface area contributed by atoms with E-state index in [-0.39, 0.29) is 30.4 Å². The van der Waals surface area contributed by atoms with Gasteiger partial charge in [-0.25, -0.2) is 13.5 Å². The van der Waals surface area contributed by atoms with Crippen LogP contribution in [0.2, 0.25) is 0 Å². The average molecular weight is 506 g/mol. The molecule has 4 aromatic rings. The lowest BCUT2D eigenvalue weighted by Gasteiger charge is -2.32. The minimum absolute atomic E-state index is 0.0626. The molecule has 8 nitrogen and oxygen atoms in total. The number of aromatic nitrogens is 3. The Balaban J connectivity index is 1.56. The molecule has 10 heteroatoms. The van der Waals surface area contributed by atoms with Crippen LogP contribution in [0.4, 0.5) is 14.5 Å². The van der Waals surface area contributed by atoms with E-state index >= 15 is 8.78 Å². The molecule has 0 unspecified atom stereocenters. The fraction of sp³-hybridized carbons (Fsp3) is 0.259. The number of para-hydroxylation sites is 2. The first-order valence-electron chi connectivity index (χ1n) is 12.0. The molecule has 190 valence electrons. The van der Waals surface area contributed by atoms with E-state index in [1.165, 1.54) is 41.1 Å². The number of halogens is 2. The van der Waals surface area contributed by atoms with E-state index in [9.17, 15) is 9.59 Å². The molecule has 1 saturated heterocycles. The van der Waals surface area contributed by atoms with E-state index in [0.29, 0.717) is 17.6 Å². The van der Waals surface area contributed by atoms with Crippen LogP contribution in [0.1, 0.15) is 24.4 Å². The summed E-state index contributed by atoms with van der Waals surface area (Å²) in [4.78, 5) is 28.5. The van der Waals surface area contributed by atoms with Crippen molar-refractivity contribution in [2.75, 3.05) is 18.1 Å². The van der Waals surface area contributed by atoms with Gasteiger partial charge in [-0.2, -0.15) is 0 Å². The van der Waals surface area contributed by atoms with Crippen molar-refractivity contribution in [1.82, 2.24) is 20.3 Å². The van der Waals surface area contributed by atoms with Crippen molar-refractivity contribution in [3.8, 4) is 0 Å². The van der Waals surface area contributed by atoms with Gasteiger partial charge in [0.05, 0.1) is 17.3 Å². The van der Waals surface area contributed by atoms with Crippen LogP contribution in [0.5, 0.6) is 0 Å². The molecule has 3 aromatic carbocycles. The number of rotatable bonds is 8. The van der Waals surface area contributed by atoms with Gasteiger partial charge in [0.25, 0.3) is 0 Å². The summed E-state index contributed by atoms with van der Waals surface area (Å²) in [6, 6.07) is 16.8. The fourth-order valence-corrected chi connectivity index (χ4v) is 4.51. The fourth-order valence-electron chi connectivity index (χ4n) is 4.51. The lowest BCUT2D eigenvalue weighted by atomic mass is 10.0. The molecule has 0 spiro atoms. The highest BCUT2D eigenvalue weighted by Gasteiger charge is 2.36. The van der Waals surface area contributed by atoms with Crippen LogP contribution in [0.25, 0.3) is 11.0 Å². The summed E-state index contributed by atoms with van der Waals surface area (Å²) in [5.41, 5.74) is 0.951. The van der Waals surface area contributed by atoms with Crippen molar-refractivity contribution < 1.29 is 23.1 Å². The van der Waals surface area contributed by atoms with Crippen LogP contribution >= 0.6 is 0 Å². The number of amides is 2. The maximum Gasteiger partial charge on any atom is 0.249 e. The number of anilines is 1. The standard InChI is InChI=1S/C27H25F2N5O3/c28-20-10-2-1-9-19(20)26(27(36)30-16-18-8-7-15-37-18)34(23-13-5-3-11-21(23)29)25(35)17-33-24-14-6-4-12-22(24)31-32-33/h1-6,9-14,18,26H,7-8,15-17H2,(H,30,36)/t18-,26+/m0/s1. The number of benzene rings is 3. The SMILES string of the molecule is O=C(NC[C@@H]1CCCO1)[C@@H](c1ccccc1F)N(C(=O)Cn1nnc2ccccc21)c1ccccc1F. The third kappa shape index (κ3) is 5.19. The smallest absolute Gasteiger partial charge is 0.249 e. The molecule has 1 fully saturated rings. The summed E-state index contributed by atoms with van der Waals surface area (Å²) < 4.78 is 37.2. The molecule has 2 amide bonds. The molecule has 1 aliphatic heterocycles. The van der Waals surface area contributed by atoms with Crippen molar-refractivity contribution in [2.24, 2.45) is 0 Å². The van der Waals surface area contributed by atoms with E-state index in [2.05, 4.69) is 15.6 Å². The van der Waals surface area contributed by atoms with Crippen molar-refractivity contribution in [1.29, 1.82) is 0 Å². The van der Waals surface area contributed by atoms with Gasteiger partial charge < -0.3 is 10.1 Å². The van der Waals surface area contributed by atoms with Crippen molar-refractivity contribution in [2.45, 2.75) is 31.5 Å². The highest BCUT2D eigenvalue weighted by Crippen LogP contribution is 2.32. The first-order valence-corrected chi connectivity index (χ1v) is 12.0. The van der Waals surface area contributed by atoms with Gasteiger partial charge in [-0.3, -0.25) is 14.5 Å². The second-order valence-electron chi connectivity index (χ2n) is 8.76. The predicted octanol–water partition coefficient (Wildman–Crippen LogP) is 3.78. The zero-order chi connectivity index (χ0) is 25.8. The lowest BCUT2D eigenvalue weighted by Crippen LogP contribution is -2.47. The topological polar surface area (TPSA) is 89.4 Å². The molecule has 1 N–H and O–H groups in total. The molecule has 0 bridgehead atoms. The van der Waals surface area contributed by atoms with Crippen LogP contribution in [0.3, 0.4) is 0 Å². The van der Waals surface area contributed by atoms with Gasteiger partial charge in [0.2, 0.25) is 11.8 Å². The van der Waals surface area contributed by atoms with E-state index in [4.69, 9.17) is 4.74 Å². The molecular formula is C27H25F2N5O3. The third-order valence-corrected chi connectivity index (χ3v) is 6.32. The summed E-state index contributed by atoms with van der Waals surface area (Å²) in [5, 5.41) is 10.9. The molecule has 0 radical (unpaired) electrons. The van der Waals surface area contributed by atoms with Crippen LogP contribution in [0, 0.1) is 11.6 Å². The van der Waals surface area contributed by atoms with E-state index < -0.39 is 29.5 Å². The zero-order valence-corrected chi connectivity index (χ0v) is 19.9. The van der Waals surface area contributed by atoms with Crippen LogP contribution < -0.4 is 10.2 Å². The summed E-state index contributed by atoms with van der Waals surface area (Å²) in [7, 11) is 0. The third-order valence-electron chi connectivity index (χ3n) is 6.32. The second kappa shape index (κ2) is 10.8. The summed E-state index contributed by atoms with van der Waals surface area (Å²) in [6.45, 7) is 0.443. The Morgan fingerprint density at radius 1 is 1.03 bits per heavy atom. The Hall–Kier alpha value is -4.18. The van der Waals surface area contributed by atoms with Gasteiger partial charge in [0.1, 0.15) is 29.7 Å². The number of nitrogens with one attached hydrogen (secondary N) is 1. The first-order chi connectivity index (χ1) is 18.0. The molecular weight excluding hydrogens is 480 g/mol. The van der Waals surface area contributed by atoms with Crippen LogP contribution in [-0.2, 0) is 20.9 Å². The Morgan fingerprint density at radius 3 is 2.51 bits per heavy atom. The normalized spacial score (nSPS) is 16.0. The highest BCUT2D eigenvalue weighted by atomic mass is 19.1. The maximum absolute atomic E-state index is 15.1. The van der Waals surface area contributed by atoms with Gasteiger partial charge in [-0.05, 0) is 43.2 Å². The Morgan fingerprint density at radius 2 is 1.76 bits per heavy atom. The molecule has 1 aromatic heterocycles. The quantitative estimate of drug-likeness (QED) is 0.394. The highest BCUT2D eigenvalue weighted by molar-refractivity contribution is 6.01. The lowest BCUT2D eigenvalue weighted by molar-refractivity contribution is -0.127. The van der Waals surface area contributed by atoms with Crippen LogP contribution in [0.15, 0.2) is 72.8 Å². The number of fused-ring (bicyclic) bond motifs is 1. The maximum atomic E-state index is 15.1. The molecule has 0 saturated carbocycles. The molecule has 1 aliphatic rings. The van der Waals surface area contributed by atoms with Gasteiger partial charge in [-0.1, -0.05) is 47.7 Å². The monoisotopic (exact) mass is 505 g/mol. The van der Waals surface area contributed by atoms with E-state index in [1.54, 1.807) is 36.4 Å². The van der Waals surface area contributed by atoms with Gasteiger partial charge >= 0.3 is 0 Å². The second-order valence-corrected chi connectivity index (χ2v) is 8.76. The number of ether oxygens (including phenoxy) is 1. The summed E-state index contributed by atoms with van der Waals surface area (Å²) >= 11 is 0. The summed E-state index contributed by atoms with van der Waals surface area (Å²) in [6.07, 6.45) is 1.48. The summed E-state index contributed by atoms with van der Waals surface area (Å²) in [5.74, 6) is -2.74. The zero-order valence-electron chi connectivity index (χ0n) is 19.9. The Bertz CT molecular complexity index is 1420. The van der Waals surface area contributed by atoms with E-state index in [1.807, 2.05) is 0 Å². The number of hydrogen-bond donors (Lipinski definition) is 1. The predicted molar refractivity (Wildman–Crippen MR) is 133 cm³/mol. The van der Waals surface area contributed by atoms with Crippen molar-refractivity contribution in [3.05, 3.63) is 90.0 Å². The molecule has 0 aliphatic carbocycles. The van der Waals surface area contributed by atoms with Gasteiger partial charge in [0, 0.05) is 18.7 Å². The number of carbonyl (C=O) groups is 2. The minimum atomic E-state index is -1.48.